The van der Waals surface area contributed by atoms with Gasteiger partial charge in [0.15, 0.2) is 0 Å². The number of amides is 2. The van der Waals surface area contributed by atoms with E-state index in [1.54, 1.807) is 11.0 Å². The smallest absolute Gasteiger partial charge is 0.229 e. The number of carbonyl (C=O) groups is 2. The molecule has 1 fully saturated rings. The number of rotatable bonds is 3. The van der Waals surface area contributed by atoms with Crippen LogP contribution in [0.5, 0.6) is 0 Å². The molecule has 0 aliphatic carbocycles. The molecule has 0 aromatic heterocycles. The molecule has 1 aromatic rings. The van der Waals surface area contributed by atoms with Crippen LogP contribution in [0.1, 0.15) is 25.8 Å². The highest BCUT2D eigenvalue weighted by Gasteiger charge is 2.35. The second-order valence-corrected chi connectivity index (χ2v) is 5.90. The third kappa shape index (κ3) is 3.12. The molecular formula is C15H19ClN2O2. The molecule has 0 unspecified atom stereocenters. The molecule has 0 bridgehead atoms. The molecule has 108 valence electrons. The van der Waals surface area contributed by atoms with Gasteiger partial charge in [0.25, 0.3) is 0 Å². The zero-order chi connectivity index (χ0) is 14.9. The van der Waals surface area contributed by atoms with Gasteiger partial charge >= 0.3 is 0 Å². The van der Waals surface area contributed by atoms with Gasteiger partial charge in [-0.05, 0) is 38.5 Å². The third-order valence-corrected chi connectivity index (χ3v) is 4.00. The number of anilines is 1. The van der Waals surface area contributed by atoms with Crippen molar-refractivity contribution < 1.29 is 9.59 Å². The lowest BCUT2D eigenvalue weighted by Gasteiger charge is -2.20. The normalized spacial score (nSPS) is 18.8. The minimum Gasteiger partial charge on any atom is -0.339 e. The Bertz CT molecular complexity index is 543. The second kappa shape index (κ2) is 5.83. The average molecular weight is 295 g/mol. The van der Waals surface area contributed by atoms with E-state index in [4.69, 9.17) is 11.6 Å². The summed E-state index contributed by atoms with van der Waals surface area (Å²) in [6.07, 6.45) is 0.281. The van der Waals surface area contributed by atoms with E-state index in [0.717, 1.165) is 5.56 Å². The minimum absolute atomic E-state index is 0.0436. The van der Waals surface area contributed by atoms with Crippen LogP contribution in [0.3, 0.4) is 0 Å². The van der Waals surface area contributed by atoms with E-state index in [0.29, 0.717) is 17.3 Å². The summed E-state index contributed by atoms with van der Waals surface area (Å²) in [6.45, 7) is 6.31. The Morgan fingerprint density at radius 3 is 2.70 bits per heavy atom. The van der Waals surface area contributed by atoms with E-state index in [2.05, 4.69) is 5.32 Å². The summed E-state index contributed by atoms with van der Waals surface area (Å²) in [5, 5.41) is 3.45. The van der Waals surface area contributed by atoms with Gasteiger partial charge in [-0.15, -0.1) is 0 Å². The number of nitrogens with one attached hydrogen (secondary N) is 1. The zero-order valence-electron chi connectivity index (χ0n) is 11.9. The van der Waals surface area contributed by atoms with Crippen molar-refractivity contribution in [3.05, 3.63) is 28.8 Å². The Hall–Kier alpha value is -1.55. The average Bonchev–Trinajstić information content (AvgIpc) is 2.76. The van der Waals surface area contributed by atoms with Crippen LogP contribution < -0.4 is 5.32 Å². The molecule has 2 rings (SSSR count). The maximum Gasteiger partial charge on any atom is 0.229 e. The lowest BCUT2D eigenvalue weighted by atomic mass is 10.1. The lowest BCUT2D eigenvalue weighted by molar-refractivity contribution is -0.129. The predicted molar refractivity (Wildman–Crippen MR) is 79.8 cm³/mol. The Kier molecular flexibility index (Phi) is 4.33. The number of likely N-dealkylation sites (tertiary alicyclic amines) is 1. The molecule has 1 aromatic carbocycles. The molecular weight excluding hydrogens is 276 g/mol. The largest absolute Gasteiger partial charge is 0.339 e. The number of aryl methyl sites for hydroxylation is 1. The Morgan fingerprint density at radius 2 is 2.15 bits per heavy atom. The van der Waals surface area contributed by atoms with Crippen molar-refractivity contribution >= 4 is 29.1 Å². The van der Waals surface area contributed by atoms with Gasteiger partial charge in [0.2, 0.25) is 11.8 Å². The lowest BCUT2D eigenvalue weighted by Crippen LogP contribution is -2.33. The van der Waals surface area contributed by atoms with Crippen molar-refractivity contribution in [3.63, 3.8) is 0 Å². The van der Waals surface area contributed by atoms with Crippen LogP contribution in [0.25, 0.3) is 0 Å². The van der Waals surface area contributed by atoms with E-state index < -0.39 is 0 Å². The van der Waals surface area contributed by atoms with Gasteiger partial charge in [-0.25, -0.2) is 0 Å². The quantitative estimate of drug-likeness (QED) is 0.932. The molecule has 1 atom stereocenters. The van der Waals surface area contributed by atoms with Crippen LogP contribution in [0.15, 0.2) is 18.2 Å². The number of benzene rings is 1. The highest BCUT2D eigenvalue weighted by atomic mass is 35.5. The first-order valence-corrected chi connectivity index (χ1v) is 7.12. The number of carbonyl (C=O) groups excluding carboxylic acids is 2. The molecule has 1 aliphatic rings. The van der Waals surface area contributed by atoms with Crippen LogP contribution >= 0.6 is 11.6 Å². The maximum absolute atomic E-state index is 12.2. The van der Waals surface area contributed by atoms with Crippen LogP contribution in [-0.4, -0.2) is 29.3 Å². The number of hydrogen-bond acceptors (Lipinski definition) is 2. The molecule has 1 saturated heterocycles. The molecule has 1 aliphatic heterocycles. The zero-order valence-corrected chi connectivity index (χ0v) is 12.7. The topological polar surface area (TPSA) is 49.4 Å². The summed E-state index contributed by atoms with van der Waals surface area (Å²) in [5.41, 5.74) is 1.63. The summed E-state index contributed by atoms with van der Waals surface area (Å²) >= 11 is 6.03. The Labute approximate surface area is 124 Å². The van der Waals surface area contributed by atoms with Crippen molar-refractivity contribution in [3.8, 4) is 0 Å². The van der Waals surface area contributed by atoms with Crippen molar-refractivity contribution in [2.24, 2.45) is 5.92 Å². The predicted octanol–water partition coefficient (Wildman–Crippen LogP) is 2.84. The van der Waals surface area contributed by atoms with Crippen molar-refractivity contribution in [1.82, 2.24) is 4.90 Å². The summed E-state index contributed by atoms with van der Waals surface area (Å²) in [7, 11) is 0. The first-order valence-electron chi connectivity index (χ1n) is 6.75. The van der Waals surface area contributed by atoms with Gasteiger partial charge < -0.3 is 10.2 Å². The van der Waals surface area contributed by atoms with Crippen LogP contribution in [0.2, 0.25) is 5.02 Å². The molecule has 1 heterocycles. The Balaban J connectivity index is 2.02. The van der Waals surface area contributed by atoms with E-state index in [1.165, 1.54) is 0 Å². The highest BCUT2D eigenvalue weighted by Crippen LogP contribution is 2.24. The van der Waals surface area contributed by atoms with Crippen molar-refractivity contribution in [2.45, 2.75) is 33.2 Å². The van der Waals surface area contributed by atoms with Gasteiger partial charge in [0.1, 0.15) is 0 Å². The summed E-state index contributed by atoms with van der Waals surface area (Å²) in [6, 6.07) is 5.54. The molecule has 0 radical (unpaired) electrons. The van der Waals surface area contributed by atoms with Crippen molar-refractivity contribution in [1.29, 1.82) is 0 Å². The summed E-state index contributed by atoms with van der Waals surface area (Å²) in [5.74, 6) is -0.367. The van der Waals surface area contributed by atoms with Crippen LogP contribution in [0, 0.1) is 12.8 Å². The van der Waals surface area contributed by atoms with E-state index in [1.807, 2.05) is 32.9 Å². The van der Waals surface area contributed by atoms with Crippen LogP contribution in [0.4, 0.5) is 5.69 Å². The molecule has 2 amide bonds. The van der Waals surface area contributed by atoms with Crippen molar-refractivity contribution in [2.75, 3.05) is 11.9 Å². The number of nitrogens with zero attached hydrogens (tertiary/aromatic N) is 1. The van der Waals surface area contributed by atoms with E-state index >= 15 is 0 Å². The maximum atomic E-state index is 12.2. The molecule has 5 heteroatoms. The first-order chi connectivity index (χ1) is 9.38. The Morgan fingerprint density at radius 1 is 1.45 bits per heavy atom. The van der Waals surface area contributed by atoms with Gasteiger partial charge in [0.05, 0.1) is 5.92 Å². The van der Waals surface area contributed by atoms with Gasteiger partial charge in [-0.2, -0.15) is 0 Å². The second-order valence-electron chi connectivity index (χ2n) is 5.49. The SMILES string of the molecule is Cc1ccc(NC(=O)[C@@H]2CC(=O)N(C(C)C)C2)cc1Cl. The highest BCUT2D eigenvalue weighted by molar-refractivity contribution is 6.31. The number of halogens is 1. The molecule has 4 nitrogen and oxygen atoms in total. The molecule has 1 N–H and O–H groups in total. The standard InChI is InChI=1S/C15H19ClN2O2/c1-9(2)18-8-11(6-14(18)19)15(20)17-12-5-4-10(3)13(16)7-12/h4-5,7,9,11H,6,8H2,1-3H3,(H,17,20)/t11-/m1/s1. The minimum atomic E-state index is -0.287. The third-order valence-electron chi connectivity index (χ3n) is 3.59. The number of hydrogen-bond donors (Lipinski definition) is 1. The molecule has 20 heavy (non-hydrogen) atoms. The van der Waals surface area contributed by atoms with Gasteiger partial charge in [-0.1, -0.05) is 17.7 Å². The molecule has 0 saturated carbocycles. The van der Waals surface area contributed by atoms with E-state index in [9.17, 15) is 9.59 Å². The van der Waals surface area contributed by atoms with Crippen LogP contribution in [-0.2, 0) is 9.59 Å². The monoisotopic (exact) mass is 294 g/mol. The first kappa shape index (κ1) is 14.9. The van der Waals surface area contributed by atoms with E-state index in [-0.39, 0.29) is 30.2 Å². The summed E-state index contributed by atoms with van der Waals surface area (Å²) in [4.78, 5) is 25.7. The van der Waals surface area contributed by atoms with Gasteiger partial charge in [-0.3, -0.25) is 9.59 Å². The summed E-state index contributed by atoms with van der Waals surface area (Å²) < 4.78 is 0. The fraction of sp³-hybridized carbons (Fsp3) is 0.467. The molecule has 0 spiro atoms. The van der Waals surface area contributed by atoms with Gasteiger partial charge in [0, 0.05) is 29.7 Å². The fourth-order valence-corrected chi connectivity index (χ4v) is 2.50. The fourth-order valence-electron chi connectivity index (χ4n) is 2.32.